The van der Waals surface area contributed by atoms with Crippen LogP contribution in [-0.2, 0) is 0 Å². The summed E-state index contributed by atoms with van der Waals surface area (Å²) in [7, 11) is 4.07. The van der Waals surface area contributed by atoms with Crippen molar-refractivity contribution >= 4 is 10.9 Å². The fourth-order valence-corrected chi connectivity index (χ4v) is 1.42. The van der Waals surface area contributed by atoms with Crippen molar-refractivity contribution < 1.29 is 0 Å². The molecule has 0 saturated carbocycles. The molecule has 2 rings (SSSR count). The van der Waals surface area contributed by atoms with E-state index in [2.05, 4.69) is 46.2 Å². The van der Waals surface area contributed by atoms with Gasteiger partial charge < -0.3 is 5.01 Å². The van der Waals surface area contributed by atoms with E-state index in [9.17, 15) is 0 Å². The number of fused-ring (bicyclic) bond motifs is 1. The third kappa shape index (κ3) is 1.52. The van der Waals surface area contributed by atoms with Crippen molar-refractivity contribution in [3.05, 3.63) is 36.5 Å². The van der Waals surface area contributed by atoms with E-state index < -0.39 is 0 Å². The van der Waals surface area contributed by atoms with Gasteiger partial charge in [-0.05, 0) is 12.1 Å². The molecule has 1 aromatic heterocycles. The van der Waals surface area contributed by atoms with Crippen LogP contribution in [0.5, 0.6) is 0 Å². The van der Waals surface area contributed by atoms with Crippen molar-refractivity contribution in [2.45, 2.75) is 7.43 Å². The Balaban J connectivity index is 0.000000845. The van der Waals surface area contributed by atoms with Crippen LogP contribution in [-0.4, -0.2) is 18.8 Å². The Kier molecular flexibility index (Phi) is 2.61. The SMILES string of the molecule is C.CN(C)n1ccc2ccccc21. The molecule has 0 N–H and O–H groups in total. The second kappa shape index (κ2) is 3.52. The van der Waals surface area contributed by atoms with Gasteiger partial charge in [-0.15, -0.1) is 0 Å². The smallest absolute Gasteiger partial charge is 0.0694 e. The van der Waals surface area contributed by atoms with Gasteiger partial charge in [0.2, 0.25) is 0 Å². The quantitative estimate of drug-likeness (QED) is 0.648. The van der Waals surface area contributed by atoms with Gasteiger partial charge in [-0.1, -0.05) is 25.6 Å². The summed E-state index contributed by atoms with van der Waals surface area (Å²) in [5, 5.41) is 3.34. The third-order valence-corrected chi connectivity index (χ3v) is 2.01. The average Bonchev–Trinajstić information content (AvgIpc) is 2.47. The largest absolute Gasteiger partial charge is 0.319 e. The normalized spacial score (nSPS) is 9.69. The van der Waals surface area contributed by atoms with E-state index in [0.29, 0.717) is 0 Å². The Morgan fingerprint density at radius 2 is 1.77 bits per heavy atom. The third-order valence-electron chi connectivity index (χ3n) is 2.01. The van der Waals surface area contributed by atoms with Gasteiger partial charge >= 0.3 is 0 Å². The van der Waals surface area contributed by atoms with E-state index in [0.717, 1.165) is 0 Å². The lowest BCUT2D eigenvalue weighted by Crippen LogP contribution is -2.23. The minimum absolute atomic E-state index is 0. The van der Waals surface area contributed by atoms with Crippen molar-refractivity contribution in [2.75, 3.05) is 19.1 Å². The maximum atomic E-state index is 2.12. The summed E-state index contributed by atoms with van der Waals surface area (Å²) in [6.45, 7) is 0. The van der Waals surface area contributed by atoms with Gasteiger partial charge in [0.05, 0.1) is 5.52 Å². The summed E-state index contributed by atoms with van der Waals surface area (Å²) in [6.07, 6.45) is 2.07. The van der Waals surface area contributed by atoms with Crippen molar-refractivity contribution in [1.29, 1.82) is 0 Å². The summed E-state index contributed by atoms with van der Waals surface area (Å²) in [5.41, 5.74) is 1.25. The van der Waals surface area contributed by atoms with Crippen LogP contribution in [0.25, 0.3) is 10.9 Å². The van der Waals surface area contributed by atoms with Crippen LogP contribution in [0.15, 0.2) is 36.5 Å². The lowest BCUT2D eigenvalue weighted by molar-refractivity contribution is 0.762. The highest BCUT2D eigenvalue weighted by Crippen LogP contribution is 2.13. The van der Waals surface area contributed by atoms with Crippen LogP contribution in [0, 0.1) is 0 Å². The zero-order valence-corrected chi connectivity index (χ0v) is 7.36. The van der Waals surface area contributed by atoms with Gasteiger partial charge in [-0.3, -0.25) is 4.68 Å². The molecule has 0 aliphatic rings. The first-order valence-electron chi connectivity index (χ1n) is 4.03. The Labute approximate surface area is 79.4 Å². The van der Waals surface area contributed by atoms with Gasteiger partial charge in [-0.25, -0.2) is 0 Å². The number of nitrogens with zero attached hydrogens (tertiary/aromatic N) is 2. The van der Waals surface area contributed by atoms with Crippen LogP contribution >= 0.6 is 0 Å². The number of rotatable bonds is 1. The molecule has 0 radical (unpaired) electrons. The number of hydrogen-bond acceptors (Lipinski definition) is 1. The van der Waals surface area contributed by atoms with Crippen LogP contribution in [0.2, 0.25) is 0 Å². The lowest BCUT2D eigenvalue weighted by Gasteiger charge is -2.15. The summed E-state index contributed by atoms with van der Waals surface area (Å²) < 4.78 is 2.12. The van der Waals surface area contributed by atoms with E-state index >= 15 is 0 Å². The molecule has 0 spiro atoms. The van der Waals surface area contributed by atoms with E-state index in [1.807, 2.05) is 14.1 Å². The molecule has 0 fully saturated rings. The standard InChI is InChI=1S/C10H12N2.CH4/c1-11(2)12-8-7-9-5-3-4-6-10(9)12;/h3-8H,1-2H3;1H4. The first kappa shape index (κ1) is 9.65. The average molecular weight is 176 g/mol. The second-order valence-corrected chi connectivity index (χ2v) is 3.07. The predicted molar refractivity (Wildman–Crippen MR) is 58.7 cm³/mol. The topological polar surface area (TPSA) is 8.17 Å². The van der Waals surface area contributed by atoms with Crippen LogP contribution < -0.4 is 5.01 Å². The molecule has 1 aromatic carbocycles. The molecule has 0 aliphatic carbocycles. The molecule has 0 atom stereocenters. The summed E-state index contributed by atoms with van der Waals surface area (Å²) in [6, 6.07) is 10.5. The molecule has 13 heavy (non-hydrogen) atoms. The van der Waals surface area contributed by atoms with E-state index in [4.69, 9.17) is 0 Å². The van der Waals surface area contributed by atoms with E-state index in [-0.39, 0.29) is 7.43 Å². The van der Waals surface area contributed by atoms with Gasteiger partial charge in [0.1, 0.15) is 0 Å². The highest BCUT2D eigenvalue weighted by atomic mass is 15.5. The monoisotopic (exact) mass is 176 g/mol. The van der Waals surface area contributed by atoms with Crippen LogP contribution in [0.1, 0.15) is 7.43 Å². The molecule has 2 aromatic rings. The van der Waals surface area contributed by atoms with Crippen LogP contribution in [0.4, 0.5) is 0 Å². The zero-order valence-electron chi connectivity index (χ0n) is 7.36. The maximum Gasteiger partial charge on any atom is 0.0694 e. The number of benzene rings is 1. The summed E-state index contributed by atoms with van der Waals surface area (Å²) in [4.78, 5) is 0. The fourth-order valence-electron chi connectivity index (χ4n) is 1.42. The molecule has 0 bridgehead atoms. The molecule has 2 heteroatoms. The zero-order chi connectivity index (χ0) is 8.55. The molecule has 0 saturated heterocycles. The van der Waals surface area contributed by atoms with E-state index in [1.54, 1.807) is 0 Å². The lowest BCUT2D eigenvalue weighted by atomic mass is 10.3. The molecular weight excluding hydrogens is 160 g/mol. The molecule has 2 nitrogen and oxygen atoms in total. The van der Waals surface area contributed by atoms with Crippen molar-refractivity contribution in [2.24, 2.45) is 0 Å². The summed E-state index contributed by atoms with van der Waals surface area (Å²) in [5.74, 6) is 0. The van der Waals surface area contributed by atoms with Crippen LogP contribution in [0.3, 0.4) is 0 Å². The highest BCUT2D eigenvalue weighted by molar-refractivity contribution is 5.80. The molecule has 0 unspecified atom stereocenters. The van der Waals surface area contributed by atoms with Crippen molar-refractivity contribution in [3.63, 3.8) is 0 Å². The highest BCUT2D eigenvalue weighted by Gasteiger charge is 1.98. The number of para-hydroxylation sites is 1. The number of hydrogen-bond donors (Lipinski definition) is 0. The minimum Gasteiger partial charge on any atom is -0.319 e. The molecular formula is C11H16N2. The predicted octanol–water partition coefficient (Wildman–Crippen LogP) is 2.48. The van der Waals surface area contributed by atoms with Crippen molar-refractivity contribution in [3.8, 4) is 0 Å². The van der Waals surface area contributed by atoms with Gasteiger partial charge in [0.25, 0.3) is 0 Å². The van der Waals surface area contributed by atoms with Gasteiger partial charge in [0, 0.05) is 25.7 Å². The second-order valence-electron chi connectivity index (χ2n) is 3.07. The number of aromatic nitrogens is 1. The Bertz CT molecular complexity index is 388. The first-order chi connectivity index (χ1) is 5.79. The Morgan fingerprint density at radius 3 is 2.46 bits per heavy atom. The maximum absolute atomic E-state index is 2.12. The molecule has 70 valence electrons. The summed E-state index contributed by atoms with van der Waals surface area (Å²) >= 11 is 0. The Morgan fingerprint density at radius 1 is 1.08 bits per heavy atom. The minimum atomic E-state index is 0. The van der Waals surface area contributed by atoms with E-state index in [1.165, 1.54) is 10.9 Å². The Hall–Kier alpha value is -1.44. The molecule has 1 heterocycles. The molecule has 0 amide bonds. The fraction of sp³-hybridized carbons (Fsp3) is 0.273. The van der Waals surface area contributed by atoms with Gasteiger partial charge in [-0.2, -0.15) is 0 Å². The van der Waals surface area contributed by atoms with Crippen molar-refractivity contribution in [1.82, 2.24) is 4.68 Å². The van der Waals surface area contributed by atoms with Gasteiger partial charge in [0.15, 0.2) is 0 Å². The molecule has 0 aliphatic heterocycles. The first-order valence-corrected chi connectivity index (χ1v) is 4.03.